The van der Waals surface area contributed by atoms with Crippen molar-refractivity contribution in [3.05, 3.63) is 91.6 Å². The number of nitrogens with zero attached hydrogens (tertiary/aromatic N) is 3. The van der Waals surface area contributed by atoms with E-state index in [9.17, 15) is 0 Å². The van der Waals surface area contributed by atoms with Crippen molar-refractivity contribution >= 4 is 45.2 Å². The normalized spacial score (nSPS) is 10.4. The van der Waals surface area contributed by atoms with E-state index in [2.05, 4.69) is 84.7 Å². The summed E-state index contributed by atoms with van der Waals surface area (Å²) in [5.41, 5.74) is 2.30. The van der Waals surface area contributed by atoms with Crippen LogP contribution in [-0.4, -0.2) is 34.2 Å². The Morgan fingerprint density at radius 1 is 0.828 bits per heavy atom. The van der Waals surface area contributed by atoms with Gasteiger partial charge in [0.25, 0.3) is 0 Å². The molecule has 29 heavy (non-hydrogen) atoms. The third kappa shape index (κ3) is 5.95. The Kier molecular flexibility index (Phi) is 7.92. The molecule has 1 N–H and O–H groups in total. The number of rotatable bonds is 5. The van der Waals surface area contributed by atoms with Crippen LogP contribution in [0.4, 0.5) is 0 Å². The summed E-state index contributed by atoms with van der Waals surface area (Å²) in [7, 11) is 3.34. The summed E-state index contributed by atoms with van der Waals surface area (Å²) in [5.74, 6) is 1.69. The number of hydrogen-bond acceptors (Lipinski definition) is 4. The first-order valence-corrected chi connectivity index (χ1v) is 10.9. The second-order valence-corrected chi connectivity index (χ2v) is 8.50. The Hall–Kier alpha value is -2.08. The molecule has 0 unspecified atom stereocenters. The van der Waals surface area contributed by atoms with Crippen molar-refractivity contribution in [1.29, 1.82) is 0 Å². The number of ether oxygens (including phenoxy) is 2. The summed E-state index contributed by atoms with van der Waals surface area (Å²) in [6.07, 6.45) is 7.50. The highest BCUT2D eigenvalue weighted by Gasteiger charge is 2.17. The van der Waals surface area contributed by atoms with Crippen molar-refractivity contribution in [2.75, 3.05) is 14.2 Å². The zero-order valence-electron chi connectivity index (χ0n) is 15.9. The summed E-state index contributed by atoms with van der Waals surface area (Å²) in [6.45, 7) is 0. The average Bonchev–Trinajstić information content (AvgIpc) is 3.41. The first kappa shape index (κ1) is 21.6. The maximum Gasteiger partial charge on any atom is 0.118 e. The van der Waals surface area contributed by atoms with E-state index in [0.29, 0.717) is 0 Å². The quantitative estimate of drug-likeness (QED) is 0.316. The topological polar surface area (TPSA) is 65.0 Å². The summed E-state index contributed by atoms with van der Waals surface area (Å²) in [4.78, 5) is 0. The van der Waals surface area contributed by atoms with Gasteiger partial charge in [-0.25, -0.2) is 0 Å². The molecule has 0 aliphatic rings. The lowest BCUT2D eigenvalue weighted by Crippen LogP contribution is -2.12. The molecule has 150 valence electrons. The van der Waals surface area contributed by atoms with Crippen LogP contribution < -0.4 is 9.47 Å². The minimum atomic E-state index is 0.00956. The molecule has 0 amide bonds. The second-order valence-electron chi connectivity index (χ2n) is 6.00. The lowest BCUT2D eigenvalue weighted by atomic mass is 9.98. The van der Waals surface area contributed by atoms with Crippen LogP contribution in [0.5, 0.6) is 11.5 Å². The largest absolute Gasteiger partial charge is 0.497 e. The maximum absolute atomic E-state index is 5.25. The van der Waals surface area contributed by atoms with Gasteiger partial charge in [0.1, 0.15) is 17.5 Å². The van der Waals surface area contributed by atoms with E-state index in [-0.39, 0.29) is 6.04 Å². The molecule has 0 aliphatic carbocycles. The average molecular weight is 614 g/mol. The molecule has 0 spiro atoms. The van der Waals surface area contributed by atoms with Crippen LogP contribution in [0.3, 0.4) is 0 Å². The fourth-order valence-electron chi connectivity index (χ4n) is 2.76. The van der Waals surface area contributed by atoms with Gasteiger partial charge in [-0.15, -0.1) is 0 Å². The van der Waals surface area contributed by atoms with E-state index in [1.54, 1.807) is 20.4 Å². The number of nitrogens with one attached hydrogen (secondary N) is 1. The van der Waals surface area contributed by atoms with Crippen molar-refractivity contribution in [2.45, 2.75) is 6.04 Å². The van der Waals surface area contributed by atoms with Crippen LogP contribution >= 0.6 is 45.2 Å². The molecule has 4 rings (SSSR count). The van der Waals surface area contributed by atoms with Gasteiger partial charge in [-0.05, 0) is 80.6 Å². The fraction of sp³-hybridized carbons (Fsp3) is 0.143. The molecule has 0 radical (unpaired) electrons. The highest BCUT2D eigenvalue weighted by atomic mass is 127. The van der Waals surface area contributed by atoms with Crippen LogP contribution in [0.1, 0.15) is 17.2 Å². The van der Waals surface area contributed by atoms with Crippen molar-refractivity contribution in [3.63, 3.8) is 0 Å². The zero-order valence-corrected chi connectivity index (χ0v) is 20.2. The predicted octanol–water partition coefficient (Wildman–Crippen LogP) is 5.16. The lowest BCUT2D eigenvalue weighted by Gasteiger charge is -2.19. The summed E-state index contributed by atoms with van der Waals surface area (Å²) >= 11 is 4.45. The zero-order chi connectivity index (χ0) is 20.6. The van der Waals surface area contributed by atoms with Crippen LogP contribution in [0.2, 0.25) is 0 Å². The standard InChI is InChI=1S/C18H17IN2O2.C3H3IN2/c1-22-16-7-3-13(4-8-16)18(21-12-15(19)11-20-21)14-5-9-17(23-2)10-6-14;4-3-1-5-6-2-3/h3-12,18H,1-2H3;1-2H,(H,5,6). The Labute approximate surface area is 196 Å². The van der Waals surface area contributed by atoms with Crippen molar-refractivity contribution in [1.82, 2.24) is 20.0 Å². The summed E-state index contributed by atoms with van der Waals surface area (Å²) in [6, 6.07) is 16.2. The monoisotopic (exact) mass is 614 g/mol. The molecule has 0 aliphatic heterocycles. The number of aromatic nitrogens is 4. The van der Waals surface area contributed by atoms with Gasteiger partial charge in [0.15, 0.2) is 0 Å². The third-order valence-corrected chi connectivity index (χ3v) is 5.31. The summed E-state index contributed by atoms with van der Waals surface area (Å²) in [5, 5.41) is 10.9. The smallest absolute Gasteiger partial charge is 0.118 e. The Morgan fingerprint density at radius 3 is 1.69 bits per heavy atom. The van der Waals surface area contributed by atoms with Crippen molar-refractivity contribution < 1.29 is 9.47 Å². The van der Waals surface area contributed by atoms with E-state index in [1.165, 1.54) is 0 Å². The van der Waals surface area contributed by atoms with Crippen LogP contribution in [0.25, 0.3) is 0 Å². The fourth-order valence-corrected chi connectivity index (χ4v) is 3.45. The van der Waals surface area contributed by atoms with Crippen LogP contribution in [0, 0.1) is 7.14 Å². The van der Waals surface area contributed by atoms with Crippen molar-refractivity contribution in [3.8, 4) is 11.5 Å². The van der Waals surface area contributed by atoms with Gasteiger partial charge in [-0.3, -0.25) is 9.78 Å². The molecule has 0 fully saturated rings. The first-order chi connectivity index (χ1) is 14.1. The molecule has 0 saturated heterocycles. The van der Waals surface area contributed by atoms with Gasteiger partial charge in [-0.2, -0.15) is 10.2 Å². The van der Waals surface area contributed by atoms with Gasteiger partial charge in [-0.1, -0.05) is 24.3 Å². The number of methoxy groups -OCH3 is 2. The van der Waals surface area contributed by atoms with Gasteiger partial charge in [0.05, 0.1) is 33.8 Å². The van der Waals surface area contributed by atoms with Gasteiger partial charge >= 0.3 is 0 Å². The molecular formula is C21H20I2N4O2. The number of hydrogen-bond donors (Lipinski definition) is 1. The van der Waals surface area contributed by atoms with Crippen LogP contribution in [-0.2, 0) is 0 Å². The number of H-pyrrole nitrogens is 1. The Balaban J connectivity index is 0.000000343. The lowest BCUT2D eigenvalue weighted by molar-refractivity contribution is 0.414. The van der Waals surface area contributed by atoms with E-state index < -0.39 is 0 Å². The first-order valence-electron chi connectivity index (χ1n) is 8.72. The van der Waals surface area contributed by atoms with Crippen molar-refractivity contribution in [2.24, 2.45) is 0 Å². The van der Waals surface area contributed by atoms with Gasteiger partial charge in [0, 0.05) is 12.4 Å². The summed E-state index contributed by atoms with van der Waals surface area (Å²) < 4.78 is 14.7. The van der Waals surface area contributed by atoms with Gasteiger partial charge in [0.2, 0.25) is 0 Å². The second kappa shape index (κ2) is 10.6. The van der Waals surface area contributed by atoms with E-state index in [4.69, 9.17) is 9.47 Å². The molecule has 2 aromatic carbocycles. The maximum atomic E-state index is 5.25. The predicted molar refractivity (Wildman–Crippen MR) is 129 cm³/mol. The SMILES string of the molecule is COc1ccc(C(c2ccc(OC)cc2)n2cc(I)cn2)cc1.Ic1cn[nH]c1. The van der Waals surface area contributed by atoms with E-state index >= 15 is 0 Å². The van der Waals surface area contributed by atoms with Gasteiger partial charge < -0.3 is 9.47 Å². The molecule has 0 bridgehead atoms. The minimum Gasteiger partial charge on any atom is -0.497 e. The third-order valence-electron chi connectivity index (χ3n) is 4.16. The Bertz CT molecular complexity index is 953. The van der Waals surface area contributed by atoms with Crippen LogP contribution in [0.15, 0.2) is 73.3 Å². The molecule has 6 nitrogen and oxygen atoms in total. The molecular weight excluding hydrogens is 594 g/mol. The minimum absolute atomic E-state index is 0.00956. The number of benzene rings is 2. The molecule has 2 heterocycles. The highest BCUT2D eigenvalue weighted by molar-refractivity contribution is 14.1. The van der Waals surface area contributed by atoms with E-state index in [0.717, 1.165) is 29.8 Å². The molecule has 2 aromatic heterocycles. The number of halogens is 2. The molecule has 8 heteroatoms. The Morgan fingerprint density at radius 2 is 1.38 bits per heavy atom. The molecule has 0 saturated carbocycles. The molecule has 4 aromatic rings. The number of aromatic amines is 1. The molecule has 0 atom stereocenters. The highest BCUT2D eigenvalue weighted by Crippen LogP contribution is 2.29. The van der Waals surface area contributed by atoms with E-state index in [1.807, 2.05) is 47.5 Å².